The number of nitrogens with zero attached hydrogens (tertiary/aromatic N) is 2. The Morgan fingerprint density at radius 3 is 2.43 bits per heavy atom. The van der Waals surface area contributed by atoms with E-state index in [0.29, 0.717) is 22.0 Å². The molecular formula is C21H16Cl2FN3O2S. The molecule has 5 nitrogen and oxygen atoms in total. The maximum Gasteiger partial charge on any atom is 0.270 e. The highest BCUT2D eigenvalue weighted by molar-refractivity contribution is 7.80. The average Bonchev–Trinajstić information content (AvgIpc) is 3.22. The van der Waals surface area contributed by atoms with Crippen LogP contribution >= 0.6 is 35.4 Å². The van der Waals surface area contributed by atoms with Crippen LogP contribution in [0, 0.1) is 5.82 Å². The lowest BCUT2D eigenvalue weighted by Gasteiger charge is -2.29. The summed E-state index contributed by atoms with van der Waals surface area (Å²) in [6.07, 6.45) is 3.41. The van der Waals surface area contributed by atoms with Crippen molar-refractivity contribution in [2.75, 3.05) is 22.9 Å². The van der Waals surface area contributed by atoms with Crippen LogP contribution in [-0.2, 0) is 9.59 Å². The maximum absolute atomic E-state index is 14.6. The van der Waals surface area contributed by atoms with Gasteiger partial charge in [-0.3, -0.25) is 19.8 Å². The van der Waals surface area contributed by atoms with Gasteiger partial charge >= 0.3 is 0 Å². The Morgan fingerprint density at radius 1 is 1.03 bits per heavy atom. The van der Waals surface area contributed by atoms with E-state index in [-0.39, 0.29) is 15.7 Å². The lowest BCUT2D eigenvalue weighted by Crippen LogP contribution is -2.54. The topological polar surface area (TPSA) is 52.7 Å². The van der Waals surface area contributed by atoms with Gasteiger partial charge in [0.1, 0.15) is 11.4 Å². The van der Waals surface area contributed by atoms with Gasteiger partial charge in [-0.15, -0.1) is 0 Å². The van der Waals surface area contributed by atoms with Gasteiger partial charge in [-0.25, -0.2) is 4.39 Å². The molecule has 2 aliphatic rings. The zero-order chi connectivity index (χ0) is 21.4. The zero-order valence-corrected chi connectivity index (χ0v) is 18.0. The molecule has 0 spiro atoms. The van der Waals surface area contributed by atoms with E-state index >= 15 is 0 Å². The van der Waals surface area contributed by atoms with Crippen LogP contribution in [0.15, 0.2) is 42.0 Å². The highest BCUT2D eigenvalue weighted by Crippen LogP contribution is 2.30. The normalized spacial score (nSPS) is 18.4. The Labute approximate surface area is 188 Å². The van der Waals surface area contributed by atoms with Gasteiger partial charge in [0.25, 0.3) is 11.8 Å². The number of carbonyl (C=O) groups excluding carboxylic acids is 2. The third-order valence-electron chi connectivity index (χ3n) is 4.99. The molecule has 0 unspecified atom stereocenters. The number of nitrogens with one attached hydrogen (secondary N) is 1. The maximum atomic E-state index is 14.6. The van der Waals surface area contributed by atoms with Crippen LogP contribution in [-0.4, -0.2) is 30.0 Å². The summed E-state index contributed by atoms with van der Waals surface area (Å²) in [5.41, 5.74) is 1.12. The van der Waals surface area contributed by atoms with Crippen LogP contribution in [0.2, 0.25) is 10.0 Å². The number of benzene rings is 2. The molecule has 2 aromatic carbocycles. The first kappa shape index (κ1) is 20.8. The Morgan fingerprint density at radius 2 is 1.77 bits per heavy atom. The van der Waals surface area contributed by atoms with E-state index in [1.54, 1.807) is 18.2 Å². The number of halogens is 3. The molecule has 154 valence electrons. The van der Waals surface area contributed by atoms with Crippen molar-refractivity contribution in [3.63, 3.8) is 0 Å². The second-order valence-corrected chi connectivity index (χ2v) is 8.16. The SMILES string of the molecule is O=C1NC(=S)N(c2ccc(Cl)c(Cl)c2)C(=O)/C1=C/c1ccc(N2CCCC2)c(F)c1. The first-order valence-electron chi connectivity index (χ1n) is 9.26. The molecule has 2 amide bonds. The largest absolute Gasteiger partial charge is 0.369 e. The number of hydrogen-bond acceptors (Lipinski definition) is 4. The van der Waals surface area contributed by atoms with Crippen molar-refractivity contribution in [1.29, 1.82) is 0 Å². The van der Waals surface area contributed by atoms with Crippen molar-refractivity contribution in [1.82, 2.24) is 5.32 Å². The predicted molar refractivity (Wildman–Crippen MR) is 121 cm³/mol. The molecule has 0 atom stereocenters. The molecule has 2 heterocycles. The fraction of sp³-hybridized carbons (Fsp3) is 0.190. The number of thiocarbonyl (C=S) groups is 1. The van der Waals surface area contributed by atoms with Crippen molar-refractivity contribution in [2.45, 2.75) is 12.8 Å². The molecule has 0 radical (unpaired) electrons. The Balaban J connectivity index is 1.67. The molecule has 2 fully saturated rings. The minimum atomic E-state index is -0.648. The van der Waals surface area contributed by atoms with Crippen molar-refractivity contribution < 1.29 is 14.0 Å². The Kier molecular flexibility index (Phi) is 5.77. The smallest absolute Gasteiger partial charge is 0.270 e. The molecule has 0 aromatic heterocycles. The standard InChI is InChI=1S/C21H16Cl2FN3O2S/c22-15-5-4-13(11-16(15)23)27-20(29)14(19(28)25-21(27)30)9-12-3-6-18(17(24)10-12)26-7-1-2-8-26/h3-6,9-11H,1-2,7-8H2,(H,25,28,30)/b14-9+. The molecule has 2 aromatic rings. The first-order chi connectivity index (χ1) is 14.3. The summed E-state index contributed by atoms with van der Waals surface area (Å²) in [5.74, 6) is -1.68. The van der Waals surface area contributed by atoms with E-state index in [1.165, 1.54) is 24.3 Å². The molecular weight excluding hydrogens is 448 g/mol. The highest BCUT2D eigenvalue weighted by Gasteiger charge is 2.34. The van der Waals surface area contributed by atoms with Crippen LogP contribution in [0.25, 0.3) is 6.08 Å². The van der Waals surface area contributed by atoms with Crippen LogP contribution in [0.4, 0.5) is 15.8 Å². The fourth-order valence-corrected chi connectivity index (χ4v) is 4.08. The molecule has 30 heavy (non-hydrogen) atoms. The monoisotopic (exact) mass is 463 g/mol. The highest BCUT2D eigenvalue weighted by atomic mass is 35.5. The zero-order valence-electron chi connectivity index (χ0n) is 15.6. The third kappa shape index (κ3) is 3.93. The number of anilines is 2. The first-order valence-corrected chi connectivity index (χ1v) is 10.4. The number of amides is 2. The molecule has 1 N–H and O–H groups in total. The predicted octanol–water partition coefficient (Wildman–Crippen LogP) is 4.56. The molecule has 2 aliphatic heterocycles. The van der Waals surface area contributed by atoms with Gasteiger partial charge in [0.2, 0.25) is 0 Å². The molecule has 0 aliphatic carbocycles. The van der Waals surface area contributed by atoms with E-state index in [0.717, 1.165) is 30.8 Å². The van der Waals surface area contributed by atoms with Crippen LogP contribution in [0.5, 0.6) is 0 Å². The van der Waals surface area contributed by atoms with Crippen LogP contribution in [0.1, 0.15) is 18.4 Å². The van der Waals surface area contributed by atoms with Crippen molar-refractivity contribution in [3.8, 4) is 0 Å². The molecule has 4 rings (SSSR count). The quantitative estimate of drug-likeness (QED) is 0.411. The summed E-state index contributed by atoms with van der Waals surface area (Å²) in [6.45, 7) is 1.63. The lowest BCUT2D eigenvalue weighted by molar-refractivity contribution is -0.122. The van der Waals surface area contributed by atoms with Gasteiger partial charge in [0.05, 0.1) is 21.4 Å². The lowest BCUT2D eigenvalue weighted by atomic mass is 10.1. The Bertz CT molecular complexity index is 1100. The number of hydrogen-bond donors (Lipinski definition) is 1. The summed E-state index contributed by atoms with van der Waals surface area (Å²) in [6, 6.07) is 9.24. The van der Waals surface area contributed by atoms with Crippen molar-refractivity contribution >= 4 is 69.8 Å². The van der Waals surface area contributed by atoms with Gasteiger partial charge < -0.3 is 4.90 Å². The van der Waals surface area contributed by atoms with Crippen LogP contribution < -0.4 is 15.1 Å². The Hall–Kier alpha value is -2.48. The van der Waals surface area contributed by atoms with Crippen molar-refractivity contribution in [3.05, 3.63) is 63.4 Å². The average molecular weight is 464 g/mol. The number of carbonyl (C=O) groups is 2. The van der Waals surface area contributed by atoms with Gasteiger partial charge in [-0.1, -0.05) is 29.3 Å². The minimum absolute atomic E-state index is 0.0731. The molecule has 0 saturated carbocycles. The summed E-state index contributed by atoms with van der Waals surface area (Å²) in [7, 11) is 0. The molecule has 9 heteroatoms. The van der Waals surface area contributed by atoms with E-state index in [2.05, 4.69) is 5.32 Å². The number of rotatable bonds is 3. The second-order valence-electron chi connectivity index (χ2n) is 6.96. The fourth-order valence-electron chi connectivity index (χ4n) is 3.51. The minimum Gasteiger partial charge on any atom is -0.369 e. The molecule has 2 saturated heterocycles. The summed E-state index contributed by atoms with van der Waals surface area (Å²) >= 11 is 17.1. The molecule has 0 bridgehead atoms. The van der Waals surface area contributed by atoms with Gasteiger partial charge in [-0.2, -0.15) is 0 Å². The van der Waals surface area contributed by atoms with E-state index < -0.39 is 17.6 Å². The van der Waals surface area contributed by atoms with Crippen molar-refractivity contribution in [2.24, 2.45) is 0 Å². The third-order valence-corrected chi connectivity index (χ3v) is 6.02. The van der Waals surface area contributed by atoms with E-state index in [1.807, 2.05) is 4.90 Å². The van der Waals surface area contributed by atoms with Crippen LogP contribution in [0.3, 0.4) is 0 Å². The summed E-state index contributed by atoms with van der Waals surface area (Å²) < 4.78 is 14.6. The second kappa shape index (κ2) is 8.34. The summed E-state index contributed by atoms with van der Waals surface area (Å²) in [4.78, 5) is 28.6. The van der Waals surface area contributed by atoms with E-state index in [4.69, 9.17) is 35.4 Å². The van der Waals surface area contributed by atoms with Gasteiger partial charge in [0, 0.05) is 13.1 Å². The van der Waals surface area contributed by atoms with E-state index in [9.17, 15) is 14.0 Å². The van der Waals surface area contributed by atoms with Gasteiger partial charge in [0.15, 0.2) is 5.11 Å². The summed E-state index contributed by atoms with van der Waals surface area (Å²) in [5, 5.41) is 2.98. The van der Waals surface area contributed by atoms with Gasteiger partial charge in [-0.05, 0) is 67.0 Å².